The quantitative estimate of drug-likeness (QED) is 0.813. The van der Waals surface area contributed by atoms with Gasteiger partial charge in [0.05, 0.1) is 18.4 Å². The molecule has 3 unspecified atom stereocenters. The summed E-state index contributed by atoms with van der Waals surface area (Å²) in [4.78, 5) is 16.6. The highest BCUT2D eigenvalue weighted by Gasteiger charge is 2.46. The van der Waals surface area contributed by atoms with Crippen LogP contribution < -0.4 is 0 Å². The number of carbonyl (C=O) groups is 1. The van der Waals surface area contributed by atoms with Crippen molar-refractivity contribution in [1.29, 1.82) is 0 Å². The molecule has 0 aliphatic carbocycles. The third-order valence-corrected chi connectivity index (χ3v) is 4.93. The van der Waals surface area contributed by atoms with E-state index in [4.69, 9.17) is 4.74 Å². The van der Waals surface area contributed by atoms with E-state index in [1.165, 1.54) is 0 Å². The smallest absolute Gasteiger partial charge is 0.252 e. The van der Waals surface area contributed by atoms with E-state index >= 15 is 0 Å². The average molecular weight is 276 g/mol. The Labute approximate surface area is 118 Å². The van der Waals surface area contributed by atoms with Crippen LogP contribution in [0.2, 0.25) is 0 Å². The van der Waals surface area contributed by atoms with Crippen LogP contribution in [0.3, 0.4) is 0 Å². The van der Waals surface area contributed by atoms with Crippen LogP contribution in [0.4, 0.5) is 0 Å². The van der Waals surface area contributed by atoms with Crippen LogP contribution in [-0.4, -0.2) is 50.6 Å². The van der Waals surface area contributed by atoms with Crippen LogP contribution in [0.15, 0.2) is 12.4 Å². The van der Waals surface area contributed by atoms with Crippen molar-refractivity contribution in [1.82, 2.24) is 19.9 Å². The Morgan fingerprint density at radius 1 is 1.05 bits per heavy atom. The van der Waals surface area contributed by atoms with Crippen molar-refractivity contribution in [3.63, 3.8) is 0 Å². The molecule has 4 rings (SSSR count). The van der Waals surface area contributed by atoms with E-state index in [0.717, 1.165) is 45.1 Å². The summed E-state index contributed by atoms with van der Waals surface area (Å²) >= 11 is 0. The van der Waals surface area contributed by atoms with Crippen LogP contribution in [0, 0.1) is 0 Å². The van der Waals surface area contributed by atoms with E-state index in [9.17, 15) is 4.79 Å². The lowest BCUT2D eigenvalue weighted by Gasteiger charge is -2.39. The average Bonchev–Trinajstić information content (AvgIpc) is 3.18. The number of rotatable bonds is 2. The summed E-state index contributed by atoms with van der Waals surface area (Å²) in [6.07, 6.45) is 9.35. The fourth-order valence-electron chi connectivity index (χ4n) is 4.05. The largest absolute Gasteiger partial charge is 0.368 e. The minimum absolute atomic E-state index is 0.183. The summed E-state index contributed by atoms with van der Waals surface area (Å²) < 4.78 is 5.57. The second-order valence-electron chi connectivity index (χ2n) is 6.11. The van der Waals surface area contributed by atoms with Crippen LogP contribution >= 0.6 is 0 Å². The van der Waals surface area contributed by atoms with Crippen molar-refractivity contribution in [3.05, 3.63) is 12.4 Å². The van der Waals surface area contributed by atoms with Gasteiger partial charge in [-0.2, -0.15) is 15.0 Å². The van der Waals surface area contributed by atoms with E-state index in [-0.39, 0.29) is 12.0 Å². The highest BCUT2D eigenvalue weighted by atomic mass is 16.5. The van der Waals surface area contributed by atoms with E-state index < -0.39 is 0 Å². The van der Waals surface area contributed by atoms with E-state index in [1.807, 2.05) is 4.80 Å². The van der Waals surface area contributed by atoms with Gasteiger partial charge in [-0.05, 0) is 38.5 Å². The maximum Gasteiger partial charge on any atom is 0.252 e. The first kappa shape index (κ1) is 12.3. The molecule has 0 saturated carbocycles. The Kier molecular flexibility index (Phi) is 2.98. The predicted octanol–water partition coefficient (Wildman–Crippen LogP) is 1.15. The lowest BCUT2D eigenvalue weighted by Crippen LogP contribution is -2.50. The standard InChI is InChI=1S/C14H20N4O2/c19-14(13-2-1-7-20-13)17-10-3-4-11(17)9-12(8-10)18-15-5-6-16-18/h5-6,10-13H,1-4,7-9H2. The number of amides is 1. The molecule has 6 nitrogen and oxygen atoms in total. The Hall–Kier alpha value is -1.43. The minimum Gasteiger partial charge on any atom is -0.368 e. The number of hydrogen-bond donors (Lipinski definition) is 0. The lowest BCUT2D eigenvalue weighted by atomic mass is 9.97. The molecular formula is C14H20N4O2. The van der Waals surface area contributed by atoms with Crippen molar-refractivity contribution in [2.45, 2.75) is 62.8 Å². The van der Waals surface area contributed by atoms with Gasteiger partial charge in [0, 0.05) is 18.7 Å². The molecule has 1 aromatic rings. The van der Waals surface area contributed by atoms with Gasteiger partial charge in [-0.3, -0.25) is 4.79 Å². The molecule has 108 valence electrons. The molecule has 3 saturated heterocycles. The van der Waals surface area contributed by atoms with Crippen molar-refractivity contribution < 1.29 is 9.53 Å². The molecule has 1 amide bonds. The number of ether oxygens (including phenoxy) is 1. The molecule has 3 aliphatic rings. The summed E-state index contributed by atoms with van der Waals surface area (Å²) in [6, 6.07) is 1.04. The molecule has 0 aromatic carbocycles. The van der Waals surface area contributed by atoms with Crippen LogP contribution in [0.1, 0.15) is 44.6 Å². The van der Waals surface area contributed by atoms with Crippen LogP contribution in [0.25, 0.3) is 0 Å². The molecule has 20 heavy (non-hydrogen) atoms. The van der Waals surface area contributed by atoms with Crippen molar-refractivity contribution >= 4 is 5.91 Å². The molecule has 3 atom stereocenters. The van der Waals surface area contributed by atoms with Gasteiger partial charge in [0.2, 0.25) is 0 Å². The number of hydrogen-bond acceptors (Lipinski definition) is 4. The summed E-state index contributed by atoms with van der Waals surface area (Å²) in [5.74, 6) is 0.224. The second kappa shape index (κ2) is 4.84. The van der Waals surface area contributed by atoms with E-state index in [2.05, 4.69) is 15.1 Å². The molecule has 2 bridgehead atoms. The third kappa shape index (κ3) is 1.93. The van der Waals surface area contributed by atoms with Gasteiger partial charge in [-0.15, -0.1) is 0 Å². The first-order valence-electron chi connectivity index (χ1n) is 7.62. The van der Waals surface area contributed by atoms with Crippen molar-refractivity contribution in [3.8, 4) is 0 Å². The number of aromatic nitrogens is 3. The van der Waals surface area contributed by atoms with E-state index in [0.29, 0.717) is 18.1 Å². The summed E-state index contributed by atoms with van der Waals surface area (Å²) in [5, 5.41) is 8.52. The van der Waals surface area contributed by atoms with Crippen molar-refractivity contribution in [2.24, 2.45) is 0 Å². The number of fused-ring (bicyclic) bond motifs is 2. The summed E-state index contributed by atoms with van der Waals surface area (Å²) in [6.45, 7) is 0.736. The van der Waals surface area contributed by atoms with Gasteiger partial charge in [0.25, 0.3) is 5.91 Å². The van der Waals surface area contributed by atoms with E-state index in [1.54, 1.807) is 12.4 Å². The molecule has 1 aromatic heterocycles. The second-order valence-corrected chi connectivity index (χ2v) is 6.11. The predicted molar refractivity (Wildman–Crippen MR) is 70.9 cm³/mol. The number of carbonyl (C=O) groups excluding carboxylic acids is 1. The lowest BCUT2D eigenvalue weighted by molar-refractivity contribution is -0.146. The zero-order valence-electron chi connectivity index (χ0n) is 11.5. The molecule has 3 fully saturated rings. The van der Waals surface area contributed by atoms with Crippen molar-refractivity contribution in [2.75, 3.05) is 6.61 Å². The summed E-state index contributed by atoms with van der Waals surface area (Å²) in [5.41, 5.74) is 0. The number of nitrogens with zero attached hydrogens (tertiary/aromatic N) is 4. The van der Waals surface area contributed by atoms with Gasteiger partial charge in [0.1, 0.15) is 6.10 Å². The zero-order chi connectivity index (χ0) is 13.5. The topological polar surface area (TPSA) is 60.2 Å². The maximum absolute atomic E-state index is 12.6. The Morgan fingerprint density at radius 3 is 2.35 bits per heavy atom. The molecule has 0 radical (unpaired) electrons. The Morgan fingerprint density at radius 2 is 1.75 bits per heavy atom. The molecular weight excluding hydrogens is 256 g/mol. The molecule has 6 heteroatoms. The van der Waals surface area contributed by atoms with Gasteiger partial charge >= 0.3 is 0 Å². The molecule has 0 spiro atoms. The number of piperidine rings is 1. The first-order valence-corrected chi connectivity index (χ1v) is 7.62. The fraction of sp³-hybridized carbons (Fsp3) is 0.786. The van der Waals surface area contributed by atoms with Crippen LogP contribution in [0.5, 0.6) is 0 Å². The van der Waals surface area contributed by atoms with Gasteiger partial charge in [-0.25, -0.2) is 0 Å². The maximum atomic E-state index is 12.6. The van der Waals surface area contributed by atoms with Gasteiger partial charge in [0.15, 0.2) is 0 Å². The fourth-order valence-corrected chi connectivity index (χ4v) is 4.05. The normalized spacial score (nSPS) is 36.5. The molecule has 4 heterocycles. The Bertz CT molecular complexity index is 469. The summed E-state index contributed by atoms with van der Waals surface area (Å²) in [7, 11) is 0. The minimum atomic E-state index is -0.183. The van der Waals surface area contributed by atoms with Gasteiger partial charge < -0.3 is 9.64 Å². The van der Waals surface area contributed by atoms with Crippen LogP contribution in [-0.2, 0) is 9.53 Å². The highest BCUT2D eigenvalue weighted by molar-refractivity contribution is 5.82. The van der Waals surface area contributed by atoms with Gasteiger partial charge in [-0.1, -0.05) is 0 Å². The molecule has 0 N–H and O–H groups in total. The highest BCUT2D eigenvalue weighted by Crippen LogP contribution is 2.41. The molecule has 3 aliphatic heterocycles. The zero-order valence-corrected chi connectivity index (χ0v) is 11.5. The Balaban J connectivity index is 1.50. The third-order valence-electron chi connectivity index (χ3n) is 4.93. The first-order chi connectivity index (χ1) is 9.83. The monoisotopic (exact) mass is 276 g/mol. The SMILES string of the molecule is O=C(C1CCCO1)N1C2CCC1CC(n1nccn1)C2.